The molecule has 2 nitrogen and oxygen atoms in total. The average Bonchev–Trinajstić information content (AvgIpc) is 3.44. The van der Waals surface area contributed by atoms with Crippen LogP contribution in [0.3, 0.4) is 0 Å². The van der Waals surface area contributed by atoms with Crippen LogP contribution in [-0.2, 0) is 0 Å². The molecule has 0 unspecified atom stereocenters. The molecule has 0 saturated carbocycles. The summed E-state index contributed by atoms with van der Waals surface area (Å²) in [6, 6.07) is 73.3. The summed E-state index contributed by atoms with van der Waals surface area (Å²) in [7, 11) is 7.69. The van der Waals surface area contributed by atoms with Gasteiger partial charge in [0.15, 0.2) is 0 Å². The number of anilines is 6. The van der Waals surface area contributed by atoms with Crippen molar-refractivity contribution >= 4 is 120 Å². The molecule has 0 saturated heterocycles. The van der Waals surface area contributed by atoms with Gasteiger partial charge in [0, 0.05) is 27.6 Å². The second kappa shape index (κ2) is 18.5. The molecule has 0 fully saturated rings. The van der Waals surface area contributed by atoms with E-state index in [1.54, 1.807) is 20.0 Å². The third kappa shape index (κ3) is 7.75. The minimum absolute atomic E-state index is 0.240. The fraction of sp³-hybridized carbons (Fsp3) is 0. The number of nitrogens with zero attached hydrogens (tertiary/aromatic N) is 2. The maximum Gasteiger partial charge on any atom is 0.148 e. The van der Waals surface area contributed by atoms with Gasteiger partial charge in [-0.25, -0.2) is 13.2 Å². The molecular weight excluding hydrogens is 897 g/mol. The van der Waals surface area contributed by atoms with Crippen LogP contribution >= 0.6 is 0 Å². The molecule has 12 aromatic carbocycles. The molecule has 9 heteroatoms. The Morgan fingerprint density at radius 3 is 1.12 bits per heavy atom. The van der Waals surface area contributed by atoms with Gasteiger partial charge in [0.05, 0.1) is 28.4 Å². The summed E-state index contributed by atoms with van der Waals surface area (Å²) in [6.07, 6.45) is 0. The Bertz CT molecular complexity index is 4020. The first kappa shape index (κ1) is 45.5. The van der Waals surface area contributed by atoms with Crippen LogP contribution in [0.1, 0.15) is 0 Å². The van der Waals surface area contributed by atoms with E-state index in [2.05, 4.69) is 48.5 Å². The lowest BCUT2D eigenvalue weighted by atomic mass is 9.66. The fourth-order valence-electron chi connectivity index (χ4n) is 10.9. The van der Waals surface area contributed by atoms with Crippen LogP contribution in [0.4, 0.5) is 47.3 Å². The van der Waals surface area contributed by atoms with Crippen LogP contribution in [0.2, 0.25) is 0 Å². The van der Waals surface area contributed by atoms with Crippen LogP contribution in [0, 0.1) is 17.5 Å². The van der Waals surface area contributed by atoms with Crippen molar-refractivity contribution in [3.05, 3.63) is 242 Å². The molecule has 0 amide bonds. The number of benzene rings is 12. The zero-order chi connectivity index (χ0) is 49.9. The summed E-state index contributed by atoms with van der Waals surface area (Å²) < 4.78 is 53.4. The summed E-state index contributed by atoms with van der Waals surface area (Å²) >= 11 is 0. The van der Waals surface area contributed by atoms with Crippen molar-refractivity contribution < 1.29 is 13.2 Å². The van der Waals surface area contributed by atoms with E-state index in [0.29, 0.717) is 33.4 Å². The first-order chi connectivity index (χ1) is 35.7. The van der Waals surface area contributed by atoms with Gasteiger partial charge >= 0.3 is 0 Å². The van der Waals surface area contributed by atoms with E-state index in [1.807, 2.05) is 197 Å². The predicted molar refractivity (Wildman–Crippen MR) is 314 cm³/mol. The molecule has 0 aromatic heterocycles. The summed E-state index contributed by atoms with van der Waals surface area (Å²) in [5, 5.41) is 5.51. The van der Waals surface area contributed by atoms with Crippen LogP contribution in [0.5, 0.6) is 0 Å². The summed E-state index contributed by atoms with van der Waals surface area (Å²) in [4.78, 5) is 3.87. The summed E-state index contributed by atoms with van der Waals surface area (Å²) in [5.74, 6) is -1.27. The molecule has 12 rings (SSSR count). The van der Waals surface area contributed by atoms with E-state index < -0.39 is 11.6 Å². The largest absolute Gasteiger partial charge is 0.307 e. The maximum atomic E-state index is 18.0. The molecule has 0 heterocycles. The Kier molecular flexibility index (Phi) is 11.5. The zero-order valence-corrected chi connectivity index (χ0v) is 40.9. The lowest BCUT2D eigenvalue weighted by molar-refractivity contribution is 0.624. The number of hydrogen-bond donors (Lipinski definition) is 0. The zero-order valence-electron chi connectivity index (χ0n) is 40.9. The monoisotopic (exact) mass is 942 g/mol. The third-order valence-electron chi connectivity index (χ3n) is 14.9. The van der Waals surface area contributed by atoms with Crippen LogP contribution in [0.25, 0.3) is 76.8 Å². The minimum atomic E-state index is -0.490. The molecule has 0 aliphatic carbocycles. The summed E-state index contributed by atoms with van der Waals surface area (Å²) in [6.45, 7) is 0. The third-order valence-corrected chi connectivity index (χ3v) is 14.9. The smallest absolute Gasteiger partial charge is 0.148 e. The molecular formula is C64H45B4F3N2. The molecule has 344 valence electrons. The van der Waals surface area contributed by atoms with Gasteiger partial charge in [0.25, 0.3) is 0 Å². The molecule has 73 heavy (non-hydrogen) atoms. The Labute approximate surface area is 427 Å². The number of rotatable bonds is 10. The SMILES string of the molecule is Bc1c(B)c(B)c(N(c2c(F)cc(-c3ccccc3)cc2-c2ccccc2)c2ccc3ccc4c(N(c5ccccc5)c5c(F)cc(-c6ccccc6)cc5-c5ccccc5)ccc5ccc2c3c54)c(F)c1B. The van der Waals surface area contributed by atoms with Gasteiger partial charge < -0.3 is 9.80 Å². The van der Waals surface area contributed by atoms with Crippen molar-refractivity contribution in [1.82, 2.24) is 0 Å². The predicted octanol–water partition coefficient (Wildman–Crippen LogP) is 11.6. The Morgan fingerprint density at radius 2 is 0.671 bits per heavy atom. The number of halogens is 3. The second-order valence-corrected chi connectivity index (χ2v) is 18.9. The van der Waals surface area contributed by atoms with Crippen molar-refractivity contribution in [3.8, 4) is 44.5 Å². The molecule has 0 atom stereocenters. The van der Waals surface area contributed by atoms with E-state index in [9.17, 15) is 0 Å². The Hall–Kier alpha value is -8.67. The first-order valence-corrected chi connectivity index (χ1v) is 24.7. The van der Waals surface area contributed by atoms with Crippen molar-refractivity contribution in [2.45, 2.75) is 0 Å². The molecule has 0 radical (unpaired) electrons. The molecule has 0 aliphatic heterocycles. The van der Waals surface area contributed by atoms with Gasteiger partial charge in [-0.2, -0.15) is 0 Å². The van der Waals surface area contributed by atoms with E-state index in [4.69, 9.17) is 0 Å². The summed E-state index contributed by atoms with van der Waals surface area (Å²) in [5.41, 5.74) is 12.4. The molecule has 0 aliphatic rings. The topological polar surface area (TPSA) is 6.48 Å². The highest BCUT2D eigenvalue weighted by Crippen LogP contribution is 2.51. The highest BCUT2D eigenvalue weighted by atomic mass is 19.1. The number of para-hydroxylation sites is 1. The van der Waals surface area contributed by atoms with Crippen LogP contribution in [-0.4, -0.2) is 31.4 Å². The lowest BCUT2D eigenvalue weighted by Gasteiger charge is -2.33. The van der Waals surface area contributed by atoms with Gasteiger partial charge in [0.2, 0.25) is 0 Å². The van der Waals surface area contributed by atoms with Gasteiger partial charge in [-0.05, 0) is 103 Å². The molecule has 12 aromatic rings. The van der Waals surface area contributed by atoms with Crippen molar-refractivity contribution in [3.63, 3.8) is 0 Å². The molecule has 0 N–H and O–H groups in total. The van der Waals surface area contributed by atoms with Gasteiger partial charge in [-0.1, -0.05) is 198 Å². The van der Waals surface area contributed by atoms with Crippen molar-refractivity contribution in [2.24, 2.45) is 0 Å². The van der Waals surface area contributed by atoms with E-state index in [1.165, 1.54) is 0 Å². The molecule has 0 bridgehead atoms. The van der Waals surface area contributed by atoms with Gasteiger partial charge in [0.1, 0.15) is 48.8 Å². The quantitative estimate of drug-likeness (QED) is 0.0996. The molecule has 0 spiro atoms. The average molecular weight is 942 g/mol. The minimum Gasteiger partial charge on any atom is -0.307 e. The van der Waals surface area contributed by atoms with Crippen molar-refractivity contribution in [2.75, 3.05) is 9.80 Å². The normalized spacial score (nSPS) is 11.4. The van der Waals surface area contributed by atoms with E-state index >= 15 is 13.2 Å². The van der Waals surface area contributed by atoms with E-state index in [-0.39, 0.29) is 17.2 Å². The van der Waals surface area contributed by atoms with Gasteiger partial charge in [-0.15, -0.1) is 0 Å². The maximum absolute atomic E-state index is 18.0. The van der Waals surface area contributed by atoms with E-state index in [0.717, 1.165) is 88.0 Å². The first-order valence-electron chi connectivity index (χ1n) is 24.7. The van der Waals surface area contributed by atoms with Crippen molar-refractivity contribution in [1.29, 1.82) is 0 Å². The lowest BCUT2D eigenvalue weighted by Crippen LogP contribution is -2.50. The second-order valence-electron chi connectivity index (χ2n) is 18.9. The Morgan fingerprint density at radius 1 is 0.301 bits per heavy atom. The standard InChI is InChI=1S/C64H45B4F3N2/c65-57-58(66)60(68)64(61(71)59(57)67)73(63-50(41-22-12-4-13-23-41)35-45(37-52(63)70)39-18-8-2-9-19-39)54-33-29-43-26-30-47-53(32-28-42-27-31-48(54)56(43)55(42)47)72(46-24-14-5-15-25-46)62-49(40-20-10-3-11-21-40)34-44(36-51(62)69)38-16-6-1-7-17-38/h1-37H,65-68H2. The fourth-order valence-corrected chi connectivity index (χ4v) is 10.9. The highest BCUT2D eigenvalue weighted by Gasteiger charge is 2.31. The number of hydrogen-bond acceptors (Lipinski definition) is 2. The van der Waals surface area contributed by atoms with Crippen LogP contribution in [0.15, 0.2) is 224 Å². The van der Waals surface area contributed by atoms with Gasteiger partial charge in [-0.3, -0.25) is 0 Å². The van der Waals surface area contributed by atoms with Crippen LogP contribution < -0.4 is 31.7 Å². The Balaban J connectivity index is 1.16. The highest BCUT2D eigenvalue weighted by molar-refractivity contribution is 6.64.